The first-order chi connectivity index (χ1) is 14.0. The molecule has 6 atom stereocenters. The summed E-state index contributed by atoms with van der Waals surface area (Å²) in [6.07, 6.45) is 6.86. The molecule has 1 saturated heterocycles. The van der Waals surface area contributed by atoms with Gasteiger partial charge in [-0.1, -0.05) is 35.4 Å². The van der Waals surface area contributed by atoms with Crippen LogP contribution in [0.15, 0.2) is 52.0 Å². The number of rotatable bonds is 3. The zero-order chi connectivity index (χ0) is 19.9. The average Bonchev–Trinajstić information content (AvgIpc) is 3.36. The van der Waals surface area contributed by atoms with Gasteiger partial charge in [0.05, 0.1) is 28.1 Å². The van der Waals surface area contributed by atoms with Gasteiger partial charge in [0, 0.05) is 5.56 Å². The van der Waals surface area contributed by atoms with Crippen LogP contribution in [0.1, 0.15) is 12.2 Å². The molecule has 2 bridgehead atoms. The predicted molar refractivity (Wildman–Crippen MR) is 108 cm³/mol. The van der Waals surface area contributed by atoms with Gasteiger partial charge < -0.3 is 4.42 Å². The Bertz CT molecular complexity index is 1090. The number of imide groups is 1. The fraction of sp³-hybridized carbons (Fsp3) is 0.318. The fourth-order valence-corrected chi connectivity index (χ4v) is 5.69. The predicted octanol–water partition coefficient (Wildman–Crippen LogP) is 4.64. The van der Waals surface area contributed by atoms with Crippen molar-refractivity contribution < 1.29 is 14.0 Å². The minimum Gasteiger partial charge on any atom is -0.455 e. The van der Waals surface area contributed by atoms with E-state index in [9.17, 15) is 9.59 Å². The summed E-state index contributed by atoms with van der Waals surface area (Å²) >= 11 is 12.0. The smallest absolute Gasteiger partial charge is 0.254 e. The van der Waals surface area contributed by atoms with Crippen LogP contribution in [0.25, 0.3) is 11.3 Å². The summed E-state index contributed by atoms with van der Waals surface area (Å²) in [5, 5.41) is 6.15. The molecule has 0 radical (unpaired) electrons. The van der Waals surface area contributed by atoms with Crippen LogP contribution in [-0.2, 0) is 9.59 Å². The number of benzene rings is 1. The maximum atomic E-state index is 12.9. The van der Waals surface area contributed by atoms with Crippen molar-refractivity contribution in [2.75, 3.05) is 0 Å². The molecular weight excluding hydrogens is 411 g/mol. The van der Waals surface area contributed by atoms with E-state index < -0.39 is 0 Å². The number of halogens is 2. The molecule has 0 N–H and O–H groups in total. The highest BCUT2D eigenvalue weighted by molar-refractivity contribution is 6.42. The van der Waals surface area contributed by atoms with Crippen molar-refractivity contribution in [3.63, 3.8) is 0 Å². The molecule has 5 nitrogen and oxygen atoms in total. The van der Waals surface area contributed by atoms with Gasteiger partial charge >= 0.3 is 0 Å². The summed E-state index contributed by atoms with van der Waals surface area (Å²) in [7, 11) is 0. The van der Waals surface area contributed by atoms with Gasteiger partial charge in [-0.05, 0) is 60.4 Å². The number of hydrogen-bond donors (Lipinski definition) is 0. The minimum absolute atomic E-state index is 0.183. The summed E-state index contributed by atoms with van der Waals surface area (Å²) in [5.41, 5.74) is 0.778. The first kappa shape index (κ1) is 17.5. The van der Waals surface area contributed by atoms with Crippen LogP contribution in [0.4, 0.5) is 0 Å². The van der Waals surface area contributed by atoms with Crippen LogP contribution in [0.2, 0.25) is 10.0 Å². The summed E-state index contributed by atoms with van der Waals surface area (Å²) < 4.78 is 5.78. The lowest BCUT2D eigenvalue weighted by Gasteiger charge is -2.37. The van der Waals surface area contributed by atoms with E-state index in [-0.39, 0.29) is 35.5 Å². The quantitative estimate of drug-likeness (QED) is 0.407. The molecule has 4 aliphatic carbocycles. The van der Waals surface area contributed by atoms with Crippen LogP contribution in [0.3, 0.4) is 0 Å². The van der Waals surface area contributed by atoms with Crippen LogP contribution in [0, 0.1) is 35.5 Å². The number of carbonyl (C=O) groups is 2. The Morgan fingerprint density at radius 2 is 1.66 bits per heavy atom. The zero-order valence-electron chi connectivity index (χ0n) is 15.2. The molecule has 3 fully saturated rings. The molecule has 7 rings (SSSR count). The van der Waals surface area contributed by atoms with Crippen LogP contribution in [0.5, 0.6) is 0 Å². The van der Waals surface area contributed by atoms with Crippen molar-refractivity contribution in [3.8, 4) is 11.3 Å². The highest BCUT2D eigenvalue weighted by Gasteiger charge is 2.67. The fourth-order valence-electron chi connectivity index (χ4n) is 5.40. The molecule has 5 aliphatic rings. The third-order valence-corrected chi connectivity index (χ3v) is 7.51. The Morgan fingerprint density at radius 1 is 0.966 bits per heavy atom. The first-order valence-electron chi connectivity index (χ1n) is 9.68. The Morgan fingerprint density at radius 3 is 2.31 bits per heavy atom. The molecule has 2 aromatic rings. The van der Waals surface area contributed by atoms with E-state index in [1.165, 1.54) is 6.21 Å². The van der Waals surface area contributed by atoms with Gasteiger partial charge in [0.1, 0.15) is 11.5 Å². The Hall–Kier alpha value is -2.37. The van der Waals surface area contributed by atoms with Crippen LogP contribution < -0.4 is 0 Å². The van der Waals surface area contributed by atoms with Crippen LogP contribution in [-0.4, -0.2) is 23.0 Å². The van der Waals surface area contributed by atoms with Gasteiger partial charge in [0.2, 0.25) is 0 Å². The van der Waals surface area contributed by atoms with Crippen molar-refractivity contribution in [2.45, 2.75) is 6.42 Å². The molecule has 2 heterocycles. The van der Waals surface area contributed by atoms with E-state index in [2.05, 4.69) is 17.3 Å². The molecule has 1 aromatic carbocycles. The van der Waals surface area contributed by atoms with E-state index in [4.69, 9.17) is 27.6 Å². The second-order valence-electron chi connectivity index (χ2n) is 8.22. The Labute approximate surface area is 177 Å². The van der Waals surface area contributed by atoms with Crippen molar-refractivity contribution in [1.29, 1.82) is 0 Å². The van der Waals surface area contributed by atoms with Gasteiger partial charge in [-0.2, -0.15) is 10.1 Å². The monoisotopic (exact) mass is 426 g/mol. The largest absolute Gasteiger partial charge is 0.455 e. The third kappa shape index (κ3) is 2.50. The number of hydrogen-bond acceptors (Lipinski definition) is 4. The Kier molecular flexibility index (Phi) is 3.66. The SMILES string of the molecule is O=C1[C@@H]2[C@@H]3C=C[C@H]([C@H]4C[C@H]34)[C@@H]2C(=O)N1/N=C\c1ccc(-c2ccc(Cl)c(Cl)c2)o1. The average molecular weight is 427 g/mol. The lowest BCUT2D eigenvalue weighted by molar-refractivity contribution is -0.140. The lowest BCUT2D eigenvalue weighted by Crippen LogP contribution is -2.40. The number of hydrazone groups is 1. The van der Waals surface area contributed by atoms with E-state index >= 15 is 0 Å². The zero-order valence-corrected chi connectivity index (χ0v) is 16.7. The van der Waals surface area contributed by atoms with Crippen molar-refractivity contribution >= 4 is 41.2 Å². The molecule has 0 unspecified atom stereocenters. The summed E-state index contributed by atoms with van der Waals surface area (Å²) in [6, 6.07) is 8.74. The molecule has 7 heteroatoms. The van der Waals surface area contributed by atoms with E-state index in [1.54, 1.807) is 30.3 Å². The molecular formula is C22H16Cl2N2O3. The number of allylic oxidation sites excluding steroid dienone is 2. The standard InChI is InChI=1S/C22H16Cl2N2O3/c23-16-5-1-10(7-17(16)24)18-6-2-11(29-18)9-25-26-21(27)19-12-3-4-13(15-8-14(12)15)20(19)22(26)28/h1-7,9,12-15,19-20H,8H2/b25-9-/t12-,13-,14-,15-,19-,20+/m1/s1. The number of furan rings is 1. The van der Waals surface area contributed by atoms with E-state index in [1.807, 2.05) is 0 Å². The number of nitrogens with zero attached hydrogens (tertiary/aromatic N) is 2. The maximum Gasteiger partial charge on any atom is 0.254 e. The highest BCUT2D eigenvalue weighted by atomic mass is 35.5. The normalized spacial score (nSPS) is 34.2. The second-order valence-corrected chi connectivity index (χ2v) is 9.03. The molecule has 29 heavy (non-hydrogen) atoms. The van der Waals surface area contributed by atoms with E-state index in [0.717, 1.165) is 17.0 Å². The van der Waals surface area contributed by atoms with Gasteiger partial charge in [-0.15, -0.1) is 0 Å². The Balaban J connectivity index is 1.24. The second kappa shape index (κ2) is 6.07. The van der Waals surface area contributed by atoms with E-state index in [0.29, 0.717) is 33.4 Å². The van der Waals surface area contributed by atoms with Gasteiger partial charge in [-0.3, -0.25) is 9.59 Å². The summed E-state index contributed by atoms with van der Waals surface area (Å²) in [4.78, 5) is 25.8. The summed E-state index contributed by atoms with van der Waals surface area (Å²) in [5.74, 6) is 1.72. The van der Waals surface area contributed by atoms with Crippen LogP contribution >= 0.6 is 23.2 Å². The molecule has 2 amide bonds. The molecule has 2 saturated carbocycles. The number of amides is 2. The topological polar surface area (TPSA) is 62.9 Å². The first-order valence-corrected chi connectivity index (χ1v) is 10.4. The van der Waals surface area contributed by atoms with Crippen molar-refractivity contribution in [1.82, 2.24) is 5.01 Å². The molecule has 1 aliphatic heterocycles. The lowest BCUT2D eigenvalue weighted by atomic mass is 9.63. The van der Waals surface area contributed by atoms with Crippen molar-refractivity contribution in [3.05, 3.63) is 58.3 Å². The third-order valence-electron chi connectivity index (χ3n) is 6.77. The maximum absolute atomic E-state index is 12.9. The highest BCUT2D eigenvalue weighted by Crippen LogP contribution is 2.65. The minimum atomic E-state index is -0.248. The van der Waals surface area contributed by atoms with Crippen molar-refractivity contribution in [2.24, 2.45) is 40.6 Å². The van der Waals surface area contributed by atoms with Gasteiger partial charge in [0.15, 0.2) is 0 Å². The summed E-state index contributed by atoms with van der Waals surface area (Å²) in [6.45, 7) is 0. The van der Waals surface area contributed by atoms with Gasteiger partial charge in [-0.25, -0.2) is 0 Å². The molecule has 146 valence electrons. The van der Waals surface area contributed by atoms with Gasteiger partial charge in [0.25, 0.3) is 11.8 Å². The number of carbonyl (C=O) groups excluding carboxylic acids is 2. The molecule has 1 aromatic heterocycles. The molecule has 0 spiro atoms.